The average molecular weight is 234 g/mol. The van der Waals surface area contributed by atoms with Crippen LogP contribution in [0, 0.1) is 0 Å². The second kappa shape index (κ2) is 5.48. The van der Waals surface area contributed by atoms with Gasteiger partial charge in [0.25, 0.3) is 0 Å². The minimum absolute atomic E-state index is 0.00555. The summed E-state index contributed by atoms with van der Waals surface area (Å²) in [6.07, 6.45) is 0. The normalized spacial score (nSPS) is 10.8. The van der Waals surface area contributed by atoms with E-state index < -0.39 is 5.41 Å². The first-order chi connectivity index (χ1) is 7.98. The molecular formula is C13H18N2O2. The van der Waals surface area contributed by atoms with Crippen molar-refractivity contribution < 1.29 is 9.59 Å². The Kier molecular flexibility index (Phi) is 4.26. The zero-order valence-electron chi connectivity index (χ0n) is 10.4. The van der Waals surface area contributed by atoms with Crippen LogP contribution in [0.2, 0.25) is 0 Å². The molecule has 4 nitrogen and oxygen atoms in total. The van der Waals surface area contributed by atoms with E-state index in [9.17, 15) is 9.59 Å². The van der Waals surface area contributed by atoms with Crippen molar-refractivity contribution in [3.63, 3.8) is 0 Å². The lowest BCUT2D eigenvalue weighted by molar-refractivity contribution is -0.128. The zero-order valence-corrected chi connectivity index (χ0v) is 10.4. The molecule has 1 aromatic rings. The predicted molar refractivity (Wildman–Crippen MR) is 66.5 cm³/mol. The molecule has 0 spiro atoms. The van der Waals surface area contributed by atoms with Crippen molar-refractivity contribution in [3.8, 4) is 0 Å². The molecule has 2 N–H and O–H groups in total. The molecule has 0 fully saturated rings. The van der Waals surface area contributed by atoms with Crippen molar-refractivity contribution in [2.45, 2.75) is 19.3 Å². The third-order valence-corrected chi connectivity index (χ3v) is 2.75. The van der Waals surface area contributed by atoms with Crippen LogP contribution >= 0.6 is 0 Å². The van der Waals surface area contributed by atoms with Gasteiger partial charge >= 0.3 is 0 Å². The van der Waals surface area contributed by atoms with Crippen LogP contribution in [0.1, 0.15) is 19.4 Å². The van der Waals surface area contributed by atoms with Crippen LogP contribution in [0.5, 0.6) is 0 Å². The highest BCUT2D eigenvalue weighted by Crippen LogP contribution is 2.22. The van der Waals surface area contributed by atoms with Gasteiger partial charge in [0.1, 0.15) is 0 Å². The summed E-state index contributed by atoms with van der Waals surface area (Å²) < 4.78 is 0. The standard InChI is InChI=1S/C13H18N2O2/c1-13(2,10-7-5-4-6-8-10)12(17)15-9-11(16)14-3/h4-8H,9H2,1-3H3,(H,14,16)(H,15,17). The first-order valence-electron chi connectivity index (χ1n) is 5.53. The summed E-state index contributed by atoms with van der Waals surface area (Å²) in [5.74, 6) is -0.366. The van der Waals surface area contributed by atoms with Crippen molar-refractivity contribution >= 4 is 11.8 Å². The molecule has 1 rings (SSSR count). The van der Waals surface area contributed by atoms with E-state index in [1.165, 1.54) is 7.05 Å². The topological polar surface area (TPSA) is 58.2 Å². The molecule has 92 valence electrons. The van der Waals surface area contributed by atoms with Gasteiger partial charge in [0.05, 0.1) is 12.0 Å². The Labute approximate surface area is 101 Å². The molecule has 0 bridgehead atoms. The smallest absolute Gasteiger partial charge is 0.239 e. The van der Waals surface area contributed by atoms with Gasteiger partial charge in [-0.05, 0) is 19.4 Å². The molecular weight excluding hydrogens is 216 g/mol. The predicted octanol–water partition coefficient (Wildman–Crippen LogP) is 0.826. The van der Waals surface area contributed by atoms with Gasteiger partial charge in [-0.15, -0.1) is 0 Å². The van der Waals surface area contributed by atoms with Gasteiger partial charge in [-0.3, -0.25) is 9.59 Å². The highest BCUT2D eigenvalue weighted by molar-refractivity contribution is 5.90. The maximum atomic E-state index is 12.0. The molecule has 0 aromatic heterocycles. The molecule has 1 aromatic carbocycles. The summed E-state index contributed by atoms with van der Waals surface area (Å²) in [5, 5.41) is 5.08. The Morgan fingerprint density at radius 1 is 1.18 bits per heavy atom. The van der Waals surface area contributed by atoms with E-state index in [4.69, 9.17) is 0 Å². The number of carbonyl (C=O) groups excluding carboxylic acids is 2. The molecule has 0 unspecified atom stereocenters. The summed E-state index contributed by atoms with van der Waals surface area (Å²) in [4.78, 5) is 23.0. The van der Waals surface area contributed by atoms with E-state index in [2.05, 4.69) is 10.6 Å². The largest absolute Gasteiger partial charge is 0.358 e. The lowest BCUT2D eigenvalue weighted by atomic mass is 9.84. The first kappa shape index (κ1) is 13.2. The second-order valence-electron chi connectivity index (χ2n) is 4.35. The number of rotatable bonds is 4. The van der Waals surface area contributed by atoms with E-state index in [-0.39, 0.29) is 18.4 Å². The molecule has 0 saturated carbocycles. The van der Waals surface area contributed by atoms with Gasteiger partial charge in [-0.2, -0.15) is 0 Å². The molecule has 0 aliphatic heterocycles. The van der Waals surface area contributed by atoms with Gasteiger partial charge in [-0.25, -0.2) is 0 Å². The molecule has 0 heterocycles. The van der Waals surface area contributed by atoms with E-state index in [0.29, 0.717) is 0 Å². The Balaban J connectivity index is 2.71. The lowest BCUT2D eigenvalue weighted by Crippen LogP contribution is -2.44. The molecule has 0 aliphatic rings. The zero-order chi connectivity index (χ0) is 12.9. The molecule has 0 radical (unpaired) electrons. The highest BCUT2D eigenvalue weighted by Gasteiger charge is 2.29. The van der Waals surface area contributed by atoms with E-state index in [1.54, 1.807) is 0 Å². The van der Waals surface area contributed by atoms with Crippen LogP contribution in [-0.4, -0.2) is 25.4 Å². The minimum Gasteiger partial charge on any atom is -0.358 e. The Bertz CT molecular complexity index is 399. The van der Waals surface area contributed by atoms with Gasteiger partial charge in [-0.1, -0.05) is 30.3 Å². The van der Waals surface area contributed by atoms with Gasteiger partial charge in [0.15, 0.2) is 0 Å². The second-order valence-corrected chi connectivity index (χ2v) is 4.35. The fourth-order valence-electron chi connectivity index (χ4n) is 1.46. The van der Waals surface area contributed by atoms with Gasteiger partial charge in [0.2, 0.25) is 11.8 Å². The number of nitrogens with one attached hydrogen (secondary N) is 2. The summed E-state index contributed by atoms with van der Waals surface area (Å²) in [6, 6.07) is 9.49. The molecule has 0 saturated heterocycles. The first-order valence-corrected chi connectivity index (χ1v) is 5.53. The van der Waals surface area contributed by atoms with Crippen LogP contribution in [-0.2, 0) is 15.0 Å². The third-order valence-electron chi connectivity index (χ3n) is 2.75. The lowest BCUT2D eigenvalue weighted by Gasteiger charge is -2.23. The average Bonchev–Trinajstić information content (AvgIpc) is 2.36. The third kappa shape index (κ3) is 3.31. The van der Waals surface area contributed by atoms with Crippen LogP contribution in [0.3, 0.4) is 0 Å². The van der Waals surface area contributed by atoms with Crippen molar-refractivity contribution in [2.24, 2.45) is 0 Å². The van der Waals surface area contributed by atoms with Crippen LogP contribution in [0.25, 0.3) is 0 Å². The molecule has 4 heteroatoms. The molecule has 2 amide bonds. The van der Waals surface area contributed by atoms with Gasteiger partial charge in [0, 0.05) is 7.05 Å². The fraction of sp³-hybridized carbons (Fsp3) is 0.385. The number of carbonyl (C=O) groups is 2. The van der Waals surface area contributed by atoms with Crippen molar-refractivity contribution in [1.29, 1.82) is 0 Å². The van der Waals surface area contributed by atoms with Crippen LogP contribution in [0.4, 0.5) is 0 Å². The molecule has 17 heavy (non-hydrogen) atoms. The number of hydrogen-bond donors (Lipinski definition) is 2. The maximum Gasteiger partial charge on any atom is 0.239 e. The summed E-state index contributed by atoms with van der Waals surface area (Å²) >= 11 is 0. The molecule has 0 aliphatic carbocycles. The van der Waals surface area contributed by atoms with E-state index in [1.807, 2.05) is 44.2 Å². The number of benzene rings is 1. The van der Waals surface area contributed by atoms with E-state index >= 15 is 0 Å². The fourth-order valence-corrected chi connectivity index (χ4v) is 1.46. The van der Waals surface area contributed by atoms with Gasteiger partial charge < -0.3 is 10.6 Å². The Hall–Kier alpha value is -1.84. The highest BCUT2D eigenvalue weighted by atomic mass is 16.2. The van der Waals surface area contributed by atoms with Crippen LogP contribution in [0.15, 0.2) is 30.3 Å². The quantitative estimate of drug-likeness (QED) is 0.810. The maximum absolute atomic E-state index is 12.0. The summed E-state index contributed by atoms with van der Waals surface area (Å²) in [6.45, 7) is 3.68. The van der Waals surface area contributed by atoms with Crippen molar-refractivity contribution in [2.75, 3.05) is 13.6 Å². The monoisotopic (exact) mass is 234 g/mol. The Morgan fingerprint density at radius 3 is 2.29 bits per heavy atom. The number of hydrogen-bond acceptors (Lipinski definition) is 2. The van der Waals surface area contributed by atoms with E-state index in [0.717, 1.165) is 5.56 Å². The van der Waals surface area contributed by atoms with Crippen molar-refractivity contribution in [1.82, 2.24) is 10.6 Å². The SMILES string of the molecule is CNC(=O)CNC(=O)C(C)(C)c1ccccc1. The Morgan fingerprint density at radius 2 is 1.76 bits per heavy atom. The number of amides is 2. The van der Waals surface area contributed by atoms with Crippen molar-refractivity contribution in [3.05, 3.63) is 35.9 Å². The molecule has 0 atom stereocenters. The van der Waals surface area contributed by atoms with Crippen LogP contribution < -0.4 is 10.6 Å². The summed E-state index contributed by atoms with van der Waals surface area (Å²) in [7, 11) is 1.54. The number of likely N-dealkylation sites (N-methyl/N-ethyl adjacent to an activating group) is 1. The minimum atomic E-state index is -0.644. The summed E-state index contributed by atoms with van der Waals surface area (Å²) in [5.41, 5.74) is 0.282.